The number of hydrogen-bond donors (Lipinski definition) is 0. The van der Waals surface area contributed by atoms with E-state index in [4.69, 9.17) is 4.74 Å². The number of methoxy groups -OCH3 is 1. The van der Waals surface area contributed by atoms with Gasteiger partial charge < -0.3 is 9.47 Å². The highest BCUT2D eigenvalue weighted by Gasteiger charge is 2.29. The van der Waals surface area contributed by atoms with E-state index in [0.29, 0.717) is 0 Å². The highest BCUT2D eigenvalue weighted by molar-refractivity contribution is 7.88. The molecular weight excluding hydrogens is 290 g/mol. The lowest BCUT2D eigenvalue weighted by molar-refractivity contribution is 0.384. The molecule has 0 fully saturated rings. The molecule has 1 aromatic rings. The SMILES string of the molecule is COC1=NS(=O)(=O)N(C)C(Oc2ccc(=O)n(C)n2)=N1. The summed E-state index contributed by atoms with van der Waals surface area (Å²) in [6.07, 6.45) is 0. The van der Waals surface area contributed by atoms with Gasteiger partial charge >= 0.3 is 22.3 Å². The zero-order valence-electron chi connectivity index (χ0n) is 10.8. The Morgan fingerprint density at radius 3 is 2.55 bits per heavy atom. The maximum Gasteiger partial charge on any atom is 0.352 e. The molecule has 11 heteroatoms. The predicted molar refractivity (Wildman–Crippen MR) is 68.7 cm³/mol. The zero-order valence-corrected chi connectivity index (χ0v) is 11.7. The van der Waals surface area contributed by atoms with Crippen LogP contribution in [0, 0.1) is 0 Å². The molecule has 10 nitrogen and oxygen atoms in total. The lowest BCUT2D eigenvalue weighted by Gasteiger charge is -2.20. The first kappa shape index (κ1) is 14.0. The molecule has 20 heavy (non-hydrogen) atoms. The first-order chi connectivity index (χ1) is 9.33. The Balaban J connectivity index is 2.36. The van der Waals surface area contributed by atoms with Gasteiger partial charge in [0.25, 0.3) is 5.56 Å². The van der Waals surface area contributed by atoms with Crippen molar-refractivity contribution < 1.29 is 17.9 Å². The van der Waals surface area contributed by atoms with Crippen molar-refractivity contribution in [3.8, 4) is 5.88 Å². The molecular formula is C9H11N5O5S. The highest BCUT2D eigenvalue weighted by atomic mass is 32.2. The van der Waals surface area contributed by atoms with Gasteiger partial charge in [0.2, 0.25) is 5.88 Å². The fourth-order valence-electron chi connectivity index (χ4n) is 1.23. The molecule has 0 N–H and O–H groups in total. The van der Waals surface area contributed by atoms with Gasteiger partial charge in [-0.05, 0) is 0 Å². The van der Waals surface area contributed by atoms with Crippen molar-refractivity contribution in [1.82, 2.24) is 14.1 Å². The van der Waals surface area contributed by atoms with Gasteiger partial charge in [-0.25, -0.2) is 8.99 Å². The van der Waals surface area contributed by atoms with Crippen molar-refractivity contribution in [2.24, 2.45) is 16.4 Å². The third-order valence-corrected chi connectivity index (χ3v) is 3.55. The molecule has 0 unspecified atom stereocenters. The fraction of sp³-hybridized carbons (Fsp3) is 0.333. The van der Waals surface area contributed by atoms with Crippen molar-refractivity contribution in [1.29, 1.82) is 0 Å². The van der Waals surface area contributed by atoms with Gasteiger partial charge in [-0.2, -0.15) is 8.42 Å². The second kappa shape index (κ2) is 4.92. The number of aliphatic imine (C=N–C) groups is 1. The topological polar surface area (TPSA) is 115 Å². The molecule has 0 saturated heterocycles. The first-order valence-corrected chi connectivity index (χ1v) is 6.67. The van der Waals surface area contributed by atoms with Gasteiger partial charge in [-0.3, -0.25) is 4.79 Å². The quantitative estimate of drug-likeness (QED) is 0.637. The predicted octanol–water partition coefficient (Wildman–Crippen LogP) is -1.29. The van der Waals surface area contributed by atoms with Crippen LogP contribution in [0.25, 0.3) is 0 Å². The summed E-state index contributed by atoms with van der Waals surface area (Å²) >= 11 is 0. The summed E-state index contributed by atoms with van der Waals surface area (Å²) in [6.45, 7) is 0. The van der Waals surface area contributed by atoms with E-state index in [2.05, 4.69) is 19.2 Å². The van der Waals surface area contributed by atoms with E-state index in [0.717, 1.165) is 8.99 Å². The third kappa shape index (κ3) is 2.61. The molecule has 2 rings (SSSR count). The average molecular weight is 301 g/mol. The third-order valence-electron chi connectivity index (χ3n) is 2.31. The Kier molecular flexibility index (Phi) is 3.44. The molecule has 0 aliphatic carbocycles. The van der Waals surface area contributed by atoms with Gasteiger partial charge in [0.1, 0.15) is 0 Å². The Bertz CT molecular complexity index is 750. The normalized spacial score (nSPS) is 17.2. The zero-order chi connectivity index (χ0) is 14.9. The van der Waals surface area contributed by atoms with Gasteiger partial charge in [0.05, 0.1) is 7.11 Å². The second-order valence-corrected chi connectivity index (χ2v) is 5.28. The van der Waals surface area contributed by atoms with E-state index >= 15 is 0 Å². The summed E-state index contributed by atoms with van der Waals surface area (Å²) in [5.41, 5.74) is -0.331. The van der Waals surface area contributed by atoms with E-state index in [1.54, 1.807) is 0 Å². The van der Waals surface area contributed by atoms with E-state index in [1.165, 1.54) is 33.3 Å². The Labute approximate surface area is 114 Å². The van der Waals surface area contributed by atoms with Crippen LogP contribution in [0.5, 0.6) is 5.88 Å². The summed E-state index contributed by atoms with van der Waals surface area (Å²) in [6, 6.07) is 1.88. The van der Waals surface area contributed by atoms with Crippen LogP contribution in [0.4, 0.5) is 0 Å². The molecule has 108 valence electrons. The van der Waals surface area contributed by atoms with Crippen LogP contribution in [0.3, 0.4) is 0 Å². The summed E-state index contributed by atoms with van der Waals surface area (Å²) in [4.78, 5) is 15.0. The number of aryl methyl sites for hydroxylation is 1. The van der Waals surface area contributed by atoms with Crippen molar-refractivity contribution in [3.63, 3.8) is 0 Å². The van der Waals surface area contributed by atoms with Crippen LogP contribution in [-0.2, 0) is 22.0 Å². The molecule has 0 aromatic carbocycles. The second-order valence-electron chi connectivity index (χ2n) is 3.65. The van der Waals surface area contributed by atoms with Crippen LogP contribution in [0.15, 0.2) is 26.3 Å². The standard InChI is InChI=1S/C9H11N5O5S/c1-13-7(15)5-4-6(11-13)19-9-10-8(18-3)12-20(16,17)14(9)2/h4-5H,1-3H3. The highest BCUT2D eigenvalue weighted by Crippen LogP contribution is 2.12. The number of nitrogens with zero attached hydrogens (tertiary/aromatic N) is 5. The van der Waals surface area contributed by atoms with Crippen LogP contribution >= 0.6 is 0 Å². The lowest BCUT2D eigenvalue weighted by Crippen LogP contribution is -2.40. The minimum absolute atomic E-state index is 0.00486. The molecule has 0 saturated carbocycles. The maximum atomic E-state index is 11.7. The summed E-state index contributed by atoms with van der Waals surface area (Å²) in [5.74, 6) is 0.00486. The Hall–Kier alpha value is -2.43. The van der Waals surface area contributed by atoms with Gasteiger partial charge in [0, 0.05) is 26.2 Å². The smallest absolute Gasteiger partial charge is 0.352 e. The summed E-state index contributed by atoms with van der Waals surface area (Å²) < 4.78 is 38.4. The minimum atomic E-state index is -3.97. The van der Waals surface area contributed by atoms with Crippen molar-refractivity contribution >= 4 is 22.3 Å². The number of rotatable bonds is 1. The van der Waals surface area contributed by atoms with Crippen molar-refractivity contribution in [3.05, 3.63) is 22.5 Å². The number of aromatic nitrogens is 2. The van der Waals surface area contributed by atoms with Gasteiger partial charge in [-0.1, -0.05) is 4.40 Å². The van der Waals surface area contributed by atoms with Crippen LogP contribution < -0.4 is 10.3 Å². The minimum Gasteiger partial charge on any atom is -0.466 e. The molecule has 1 aromatic heterocycles. The van der Waals surface area contributed by atoms with Gasteiger partial charge in [0.15, 0.2) is 0 Å². The van der Waals surface area contributed by atoms with Gasteiger partial charge in [-0.15, -0.1) is 10.1 Å². The first-order valence-electron chi connectivity index (χ1n) is 5.27. The molecule has 0 radical (unpaired) electrons. The number of hydrogen-bond acceptors (Lipinski definition) is 7. The molecule has 0 spiro atoms. The molecule has 0 bridgehead atoms. The number of ether oxygens (including phenoxy) is 2. The van der Waals surface area contributed by atoms with Crippen molar-refractivity contribution in [2.75, 3.05) is 14.2 Å². The molecule has 1 aliphatic rings. The van der Waals surface area contributed by atoms with Crippen LogP contribution in [0.2, 0.25) is 0 Å². The summed E-state index contributed by atoms with van der Waals surface area (Å²) in [5, 5.41) is 3.80. The monoisotopic (exact) mass is 301 g/mol. The van der Waals surface area contributed by atoms with E-state index in [1.807, 2.05) is 0 Å². The number of amidine groups is 2. The lowest BCUT2D eigenvalue weighted by atomic mass is 10.5. The fourth-order valence-corrected chi connectivity index (χ4v) is 1.94. The van der Waals surface area contributed by atoms with Crippen LogP contribution in [-0.4, -0.2) is 48.7 Å². The molecule has 1 aliphatic heterocycles. The van der Waals surface area contributed by atoms with E-state index < -0.39 is 10.2 Å². The molecule has 2 heterocycles. The van der Waals surface area contributed by atoms with E-state index in [-0.39, 0.29) is 23.5 Å². The van der Waals surface area contributed by atoms with E-state index in [9.17, 15) is 13.2 Å². The Morgan fingerprint density at radius 2 is 1.95 bits per heavy atom. The average Bonchev–Trinajstić information content (AvgIpc) is 2.39. The summed E-state index contributed by atoms with van der Waals surface area (Å²) in [7, 11) is -0.0934. The van der Waals surface area contributed by atoms with Crippen molar-refractivity contribution in [2.45, 2.75) is 0 Å². The van der Waals surface area contributed by atoms with Crippen LogP contribution in [0.1, 0.15) is 0 Å². The molecule has 0 atom stereocenters. The largest absolute Gasteiger partial charge is 0.466 e. The molecule has 0 amide bonds. The Morgan fingerprint density at radius 1 is 1.25 bits per heavy atom. The maximum absolute atomic E-state index is 11.7.